The van der Waals surface area contributed by atoms with Crippen LogP contribution in [0.3, 0.4) is 0 Å². The van der Waals surface area contributed by atoms with Gasteiger partial charge >= 0.3 is 0 Å². The van der Waals surface area contributed by atoms with Gasteiger partial charge in [-0.15, -0.1) is 0 Å². The molecule has 0 aromatic heterocycles. The Hall–Kier alpha value is -1.72. The molecule has 0 saturated carbocycles. The maximum atomic E-state index is 11.5. The second-order valence-corrected chi connectivity index (χ2v) is 8.09. The molecule has 23 heavy (non-hydrogen) atoms. The van der Waals surface area contributed by atoms with Crippen LogP contribution in [0, 0.1) is 0 Å². The monoisotopic (exact) mass is 351 g/mol. The van der Waals surface area contributed by atoms with Crippen molar-refractivity contribution < 1.29 is 13.2 Å². The highest BCUT2D eigenvalue weighted by molar-refractivity contribution is 7.90. The minimum Gasteiger partial charge on any atom is -0.487 e. The van der Waals surface area contributed by atoms with Crippen LogP contribution in [0.2, 0.25) is 5.02 Å². The van der Waals surface area contributed by atoms with Crippen LogP contribution >= 0.6 is 11.6 Å². The lowest BCUT2D eigenvalue weighted by Gasteiger charge is -2.19. The van der Waals surface area contributed by atoms with Gasteiger partial charge in [-0.2, -0.15) is 0 Å². The first kappa shape index (κ1) is 16.1. The summed E-state index contributed by atoms with van der Waals surface area (Å²) in [6.45, 7) is 1.62. The number of para-hydroxylation sites is 1. The molecule has 1 aliphatic heterocycles. The number of anilines is 1. The summed E-state index contributed by atoms with van der Waals surface area (Å²) >= 11 is 6.12. The quantitative estimate of drug-likeness (QED) is 0.847. The highest BCUT2D eigenvalue weighted by Crippen LogP contribution is 2.28. The van der Waals surface area contributed by atoms with Gasteiger partial charge in [0.2, 0.25) is 0 Å². The summed E-state index contributed by atoms with van der Waals surface area (Å²) in [6.07, 6.45) is 2.19. The predicted molar refractivity (Wildman–Crippen MR) is 92.2 cm³/mol. The second-order valence-electron chi connectivity index (χ2n) is 5.67. The third-order valence-corrected chi connectivity index (χ3v) is 5.35. The van der Waals surface area contributed by atoms with E-state index in [2.05, 4.69) is 4.90 Å². The van der Waals surface area contributed by atoms with Crippen LogP contribution in [0.25, 0.3) is 0 Å². The third kappa shape index (κ3) is 3.79. The average Bonchev–Trinajstić information content (AvgIpc) is 2.97. The molecule has 1 saturated heterocycles. The maximum absolute atomic E-state index is 11.5. The third-order valence-electron chi connectivity index (χ3n) is 3.91. The Morgan fingerprint density at radius 2 is 1.83 bits per heavy atom. The fourth-order valence-electron chi connectivity index (χ4n) is 2.68. The summed E-state index contributed by atoms with van der Waals surface area (Å²) in [6, 6.07) is 14.4. The van der Waals surface area contributed by atoms with Crippen molar-refractivity contribution in [1.82, 2.24) is 0 Å². The summed E-state index contributed by atoms with van der Waals surface area (Å²) in [5.41, 5.74) is 1.00. The van der Waals surface area contributed by atoms with Crippen molar-refractivity contribution in [2.45, 2.75) is 17.4 Å². The van der Waals surface area contributed by atoms with Gasteiger partial charge in [0.25, 0.3) is 0 Å². The van der Waals surface area contributed by atoms with Crippen molar-refractivity contribution in [2.24, 2.45) is 0 Å². The van der Waals surface area contributed by atoms with Gasteiger partial charge in [0.1, 0.15) is 11.9 Å². The summed E-state index contributed by atoms with van der Waals surface area (Å²) in [4.78, 5) is 2.53. The Bertz CT molecular complexity index is 790. The van der Waals surface area contributed by atoms with Crippen LogP contribution in [0.1, 0.15) is 6.42 Å². The van der Waals surface area contributed by atoms with Gasteiger partial charge in [0.15, 0.2) is 9.84 Å². The van der Waals surface area contributed by atoms with Crippen molar-refractivity contribution >= 4 is 27.1 Å². The fraction of sp³-hybridized carbons (Fsp3) is 0.294. The van der Waals surface area contributed by atoms with Gasteiger partial charge in [-0.3, -0.25) is 0 Å². The van der Waals surface area contributed by atoms with Crippen molar-refractivity contribution in [3.8, 4) is 5.75 Å². The largest absolute Gasteiger partial charge is 0.487 e. The number of benzene rings is 2. The van der Waals surface area contributed by atoms with E-state index in [1.54, 1.807) is 12.1 Å². The lowest BCUT2D eigenvalue weighted by Crippen LogP contribution is -2.24. The van der Waals surface area contributed by atoms with Crippen molar-refractivity contribution in [1.29, 1.82) is 0 Å². The summed E-state index contributed by atoms with van der Waals surface area (Å²) in [5, 5.41) is 0.614. The first-order valence-corrected chi connectivity index (χ1v) is 9.67. The molecule has 0 radical (unpaired) electrons. The van der Waals surface area contributed by atoms with E-state index < -0.39 is 9.84 Å². The molecule has 1 unspecified atom stereocenters. The number of rotatable bonds is 4. The lowest BCUT2D eigenvalue weighted by atomic mass is 10.3. The van der Waals surface area contributed by atoms with E-state index >= 15 is 0 Å². The molecular weight excluding hydrogens is 334 g/mol. The molecule has 1 aliphatic rings. The zero-order valence-electron chi connectivity index (χ0n) is 12.8. The molecule has 1 atom stereocenters. The molecule has 1 fully saturated rings. The summed E-state index contributed by atoms with van der Waals surface area (Å²) in [5.74, 6) is 0.702. The van der Waals surface area contributed by atoms with Crippen LogP contribution in [0.4, 0.5) is 5.69 Å². The summed E-state index contributed by atoms with van der Waals surface area (Å²) < 4.78 is 29.0. The lowest BCUT2D eigenvalue weighted by molar-refractivity contribution is 0.225. The van der Waals surface area contributed by atoms with Crippen LogP contribution in [-0.4, -0.2) is 33.9 Å². The molecule has 0 bridgehead atoms. The number of halogens is 1. The average molecular weight is 352 g/mol. The molecule has 1 heterocycles. The Labute approximate surface area is 141 Å². The van der Waals surface area contributed by atoms with Gasteiger partial charge < -0.3 is 9.64 Å². The minimum absolute atomic E-state index is 0.0736. The molecule has 2 aromatic carbocycles. The van der Waals surface area contributed by atoms with E-state index in [9.17, 15) is 8.42 Å². The Morgan fingerprint density at radius 3 is 2.48 bits per heavy atom. The molecule has 0 N–H and O–H groups in total. The number of ether oxygens (including phenoxy) is 1. The first-order valence-electron chi connectivity index (χ1n) is 7.40. The van der Waals surface area contributed by atoms with Crippen molar-refractivity contribution in [3.05, 3.63) is 53.6 Å². The van der Waals surface area contributed by atoms with E-state index in [4.69, 9.17) is 16.3 Å². The summed E-state index contributed by atoms with van der Waals surface area (Å²) in [7, 11) is -3.16. The minimum atomic E-state index is -3.16. The Balaban J connectivity index is 1.67. The van der Waals surface area contributed by atoms with Gasteiger partial charge in [0, 0.05) is 24.9 Å². The Kier molecular flexibility index (Phi) is 4.50. The fourth-order valence-corrected chi connectivity index (χ4v) is 3.49. The zero-order valence-corrected chi connectivity index (χ0v) is 14.3. The van der Waals surface area contributed by atoms with Gasteiger partial charge in [-0.25, -0.2) is 8.42 Å². The molecule has 2 aromatic rings. The number of sulfone groups is 1. The molecule has 0 amide bonds. The Morgan fingerprint density at radius 1 is 1.13 bits per heavy atom. The molecule has 0 spiro atoms. The number of hydrogen-bond acceptors (Lipinski definition) is 4. The van der Waals surface area contributed by atoms with Gasteiger partial charge in [-0.1, -0.05) is 23.7 Å². The predicted octanol–water partition coefficient (Wildman–Crippen LogP) is 3.40. The number of hydrogen-bond donors (Lipinski definition) is 0. The van der Waals surface area contributed by atoms with Crippen LogP contribution < -0.4 is 9.64 Å². The maximum Gasteiger partial charge on any atom is 0.175 e. The molecule has 3 rings (SSSR count). The van der Waals surface area contributed by atoms with E-state index in [1.165, 1.54) is 6.26 Å². The molecule has 4 nitrogen and oxygen atoms in total. The van der Waals surface area contributed by atoms with E-state index in [1.807, 2.05) is 36.4 Å². The smallest absolute Gasteiger partial charge is 0.175 e. The second kappa shape index (κ2) is 6.42. The topological polar surface area (TPSA) is 46.6 Å². The zero-order chi connectivity index (χ0) is 16.4. The molecule has 0 aliphatic carbocycles. The normalized spacial score (nSPS) is 18.2. The SMILES string of the molecule is CS(=O)(=O)c1ccc(N2CCC(Oc3ccccc3Cl)C2)cc1. The molecule has 6 heteroatoms. The van der Waals surface area contributed by atoms with E-state index in [0.29, 0.717) is 15.7 Å². The molecular formula is C17H18ClNO3S. The van der Waals surface area contributed by atoms with Crippen LogP contribution in [0.15, 0.2) is 53.4 Å². The molecule has 122 valence electrons. The number of nitrogens with zero attached hydrogens (tertiary/aromatic N) is 1. The van der Waals surface area contributed by atoms with Crippen LogP contribution in [-0.2, 0) is 9.84 Å². The van der Waals surface area contributed by atoms with Gasteiger partial charge in [0.05, 0.1) is 16.5 Å². The van der Waals surface area contributed by atoms with Gasteiger partial charge in [-0.05, 0) is 36.4 Å². The van der Waals surface area contributed by atoms with E-state index in [-0.39, 0.29) is 6.10 Å². The van der Waals surface area contributed by atoms with Crippen molar-refractivity contribution in [2.75, 3.05) is 24.2 Å². The van der Waals surface area contributed by atoms with E-state index in [0.717, 1.165) is 25.2 Å². The first-order chi connectivity index (χ1) is 10.9. The van der Waals surface area contributed by atoms with Crippen LogP contribution in [0.5, 0.6) is 5.75 Å². The highest BCUT2D eigenvalue weighted by atomic mass is 35.5. The highest BCUT2D eigenvalue weighted by Gasteiger charge is 2.25. The standard InChI is InChI=1S/C17H18ClNO3S/c1-23(20,21)15-8-6-13(7-9-15)19-11-10-14(12-19)22-17-5-3-2-4-16(17)18/h2-9,14H,10-12H2,1H3. The van der Waals surface area contributed by atoms with Crippen molar-refractivity contribution in [3.63, 3.8) is 0 Å².